The van der Waals surface area contributed by atoms with E-state index >= 15 is 0 Å². The number of nitriles is 1. The monoisotopic (exact) mass is 494 g/mol. The Balaban J connectivity index is 1.96. The molecule has 9 nitrogen and oxygen atoms in total. The van der Waals surface area contributed by atoms with Gasteiger partial charge in [-0.25, -0.2) is 13.1 Å². The van der Waals surface area contributed by atoms with Gasteiger partial charge in [0, 0.05) is 5.69 Å². The number of carbonyl (C=O) groups is 1. The van der Waals surface area contributed by atoms with Crippen LogP contribution in [-0.4, -0.2) is 31.9 Å². The first kappa shape index (κ1) is 24.6. The lowest BCUT2D eigenvalue weighted by Crippen LogP contribution is -2.30. The van der Waals surface area contributed by atoms with Crippen LogP contribution in [0.4, 0.5) is 24.9 Å². The van der Waals surface area contributed by atoms with Crippen LogP contribution in [0.15, 0.2) is 52.9 Å². The number of hydrogen-bond acceptors (Lipinski definition) is 8. The molecule has 1 heterocycles. The predicted molar refractivity (Wildman–Crippen MR) is 114 cm³/mol. The number of rotatable bonds is 7. The molecule has 0 aliphatic rings. The second kappa shape index (κ2) is 9.44. The lowest BCUT2D eigenvalue weighted by Gasteiger charge is -2.21. The zero-order valence-electron chi connectivity index (χ0n) is 17.8. The molecule has 0 unspecified atom stereocenters. The van der Waals surface area contributed by atoms with Crippen LogP contribution in [0.2, 0.25) is 0 Å². The van der Waals surface area contributed by atoms with Gasteiger partial charge in [0.1, 0.15) is 11.5 Å². The molecule has 1 amide bonds. The Labute approximate surface area is 192 Å². The first-order valence-electron chi connectivity index (χ1n) is 9.46. The van der Waals surface area contributed by atoms with E-state index in [2.05, 4.69) is 9.72 Å². The van der Waals surface area contributed by atoms with Crippen LogP contribution in [0, 0.1) is 18.3 Å². The standard InChI is InChI=1S/C21H17F3N4O5S/c1-13-18(19(29)27-34(2,30)31)26-20(32-13)28(16-7-3-14(11-25)4-8-16)12-15-5-9-17(10-6-15)33-21(22,23)24/h3-10H,12H2,1-2H3,(H,27,29). The zero-order valence-corrected chi connectivity index (χ0v) is 18.6. The van der Waals surface area contributed by atoms with Gasteiger partial charge in [-0.3, -0.25) is 9.69 Å². The van der Waals surface area contributed by atoms with Crippen LogP contribution in [0.5, 0.6) is 5.75 Å². The topological polar surface area (TPSA) is 126 Å². The van der Waals surface area contributed by atoms with E-state index in [0.717, 1.165) is 18.4 Å². The molecule has 0 radical (unpaired) electrons. The number of alkyl halides is 3. The Kier molecular flexibility index (Phi) is 6.83. The maximum absolute atomic E-state index is 12.4. The molecular formula is C21H17F3N4O5S. The normalized spacial score (nSPS) is 11.5. The van der Waals surface area contributed by atoms with E-state index in [0.29, 0.717) is 16.8 Å². The van der Waals surface area contributed by atoms with Crippen molar-refractivity contribution in [3.05, 3.63) is 71.1 Å². The van der Waals surface area contributed by atoms with E-state index < -0.39 is 28.0 Å². The molecule has 0 spiro atoms. The fraction of sp³-hybridized carbons (Fsp3) is 0.190. The summed E-state index contributed by atoms with van der Waals surface area (Å²) < 4.78 is 71.3. The number of benzene rings is 2. The van der Waals surface area contributed by atoms with Crippen LogP contribution >= 0.6 is 0 Å². The molecule has 0 saturated carbocycles. The van der Waals surface area contributed by atoms with E-state index in [4.69, 9.17) is 9.68 Å². The van der Waals surface area contributed by atoms with Crippen molar-refractivity contribution in [1.82, 2.24) is 9.71 Å². The smallest absolute Gasteiger partial charge is 0.428 e. The summed E-state index contributed by atoms with van der Waals surface area (Å²) in [4.78, 5) is 17.9. The summed E-state index contributed by atoms with van der Waals surface area (Å²) in [7, 11) is -3.84. The quantitative estimate of drug-likeness (QED) is 0.526. The number of aryl methyl sites for hydroxylation is 1. The number of anilines is 2. The van der Waals surface area contributed by atoms with Crippen LogP contribution in [-0.2, 0) is 16.6 Å². The van der Waals surface area contributed by atoms with Gasteiger partial charge >= 0.3 is 12.4 Å². The number of nitrogens with one attached hydrogen (secondary N) is 1. The minimum atomic E-state index is -4.82. The van der Waals surface area contributed by atoms with Crippen molar-refractivity contribution in [2.45, 2.75) is 19.8 Å². The minimum Gasteiger partial charge on any atom is -0.428 e. The average Bonchev–Trinajstić information content (AvgIpc) is 3.12. The third-order valence-corrected chi connectivity index (χ3v) is 4.87. The van der Waals surface area contributed by atoms with Gasteiger partial charge in [-0.15, -0.1) is 13.2 Å². The molecule has 13 heteroatoms. The molecular weight excluding hydrogens is 477 g/mol. The van der Waals surface area contributed by atoms with Crippen molar-refractivity contribution in [2.75, 3.05) is 11.2 Å². The van der Waals surface area contributed by atoms with Crippen molar-refractivity contribution in [2.24, 2.45) is 0 Å². The zero-order chi connectivity index (χ0) is 25.1. The summed E-state index contributed by atoms with van der Waals surface area (Å²) in [5.41, 5.74) is 1.16. The molecule has 2 aromatic carbocycles. The molecule has 0 fully saturated rings. The molecule has 3 aromatic rings. The highest BCUT2D eigenvalue weighted by Crippen LogP contribution is 2.30. The molecule has 0 aliphatic heterocycles. The Morgan fingerprint density at radius 2 is 1.79 bits per heavy atom. The summed E-state index contributed by atoms with van der Waals surface area (Å²) in [6, 6.07) is 13.3. The van der Waals surface area contributed by atoms with Gasteiger partial charge in [0.15, 0.2) is 5.69 Å². The third-order valence-electron chi connectivity index (χ3n) is 4.32. The minimum absolute atomic E-state index is 0.0451. The Morgan fingerprint density at radius 3 is 2.32 bits per heavy atom. The summed E-state index contributed by atoms with van der Waals surface area (Å²) in [6.07, 6.45) is -4.01. The van der Waals surface area contributed by atoms with Crippen molar-refractivity contribution < 1.29 is 35.5 Å². The fourth-order valence-electron chi connectivity index (χ4n) is 2.89. The molecule has 1 N–H and O–H groups in total. The molecule has 0 atom stereocenters. The highest BCUT2D eigenvalue weighted by molar-refractivity contribution is 7.89. The number of ether oxygens (including phenoxy) is 1. The summed E-state index contributed by atoms with van der Waals surface area (Å²) >= 11 is 0. The first-order valence-corrected chi connectivity index (χ1v) is 11.4. The van der Waals surface area contributed by atoms with E-state index in [1.165, 1.54) is 36.1 Å². The molecule has 3 rings (SSSR count). The van der Waals surface area contributed by atoms with Gasteiger partial charge in [0.2, 0.25) is 10.0 Å². The average molecular weight is 494 g/mol. The number of hydrogen-bond donors (Lipinski definition) is 1. The number of halogens is 3. The molecule has 0 bridgehead atoms. The molecule has 178 valence electrons. The fourth-order valence-corrected chi connectivity index (χ4v) is 3.32. The van der Waals surface area contributed by atoms with Crippen LogP contribution in [0.25, 0.3) is 0 Å². The Hall–Kier alpha value is -4.05. The summed E-state index contributed by atoms with van der Waals surface area (Å²) in [5.74, 6) is -1.33. The number of aromatic nitrogens is 1. The molecule has 0 saturated heterocycles. The van der Waals surface area contributed by atoms with Gasteiger partial charge in [0.05, 0.1) is 24.4 Å². The Bertz CT molecular complexity index is 1330. The predicted octanol–water partition coefficient (Wildman–Crippen LogP) is 3.78. The van der Waals surface area contributed by atoms with Gasteiger partial charge in [0.25, 0.3) is 5.91 Å². The lowest BCUT2D eigenvalue weighted by atomic mass is 10.1. The number of oxazole rings is 1. The van der Waals surface area contributed by atoms with E-state index in [9.17, 15) is 26.4 Å². The first-order chi connectivity index (χ1) is 15.8. The van der Waals surface area contributed by atoms with Crippen LogP contribution in [0.1, 0.15) is 27.4 Å². The van der Waals surface area contributed by atoms with E-state index in [1.807, 2.05) is 10.8 Å². The maximum atomic E-state index is 12.4. The van der Waals surface area contributed by atoms with Crippen molar-refractivity contribution >= 4 is 27.6 Å². The van der Waals surface area contributed by atoms with Gasteiger partial charge in [-0.05, 0) is 48.9 Å². The number of sulfonamides is 1. The summed E-state index contributed by atoms with van der Waals surface area (Å²) in [5, 5.41) is 9.04. The molecule has 34 heavy (non-hydrogen) atoms. The number of nitrogens with zero attached hydrogens (tertiary/aromatic N) is 3. The Morgan fingerprint density at radius 1 is 1.18 bits per heavy atom. The van der Waals surface area contributed by atoms with Crippen molar-refractivity contribution in [3.63, 3.8) is 0 Å². The van der Waals surface area contributed by atoms with Crippen LogP contribution in [0.3, 0.4) is 0 Å². The second-order valence-electron chi connectivity index (χ2n) is 7.04. The molecule has 0 aliphatic carbocycles. The van der Waals surface area contributed by atoms with E-state index in [1.54, 1.807) is 12.1 Å². The van der Waals surface area contributed by atoms with Crippen molar-refractivity contribution in [1.29, 1.82) is 5.26 Å². The highest BCUT2D eigenvalue weighted by atomic mass is 32.2. The van der Waals surface area contributed by atoms with Gasteiger partial charge in [-0.1, -0.05) is 12.1 Å². The van der Waals surface area contributed by atoms with Gasteiger partial charge < -0.3 is 9.15 Å². The second-order valence-corrected chi connectivity index (χ2v) is 8.79. The lowest BCUT2D eigenvalue weighted by molar-refractivity contribution is -0.274. The largest absolute Gasteiger partial charge is 0.573 e. The highest BCUT2D eigenvalue weighted by Gasteiger charge is 2.31. The SMILES string of the molecule is Cc1oc(N(Cc2ccc(OC(F)(F)F)cc2)c2ccc(C#N)cc2)nc1C(=O)NS(C)(=O)=O. The third kappa shape index (κ3) is 6.48. The van der Waals surface area contributed by atoms with E-state index in [-0.39, 0.29) is 24.0 Å². The van der Waals surface area contributed by atoms with Crippen molar-refractivity contribution in [3.8, 4) is 11.8 Å². The maximum Gasteiger partial charge on any atom is 0.573 e. The number of carbonyl (C=O) groups excluding carboxylic acids is 1. The molecule has 1 aromatic heterocycles. The number of amides is 1. The summed E-state index contributed by atoms with van der Waals surface area (Å²) in [6.45, 7) is 1.47. The van der Waals surface area contributed by atoms with Gasteiger partial charge in [-0.2, -0.15) is 10.2 Å². The van der Waals surface area contributed by atoms with Crippen LogP contribution < -0.4 is 14.4 Å².